The Kier molecular flexibility index (Phi) is 8.35. The van der Waals surface area contributed by atoms with Crippen LogP contribution in [0.3, 0.4) is 0 Å². The van der Waals surface area contributed by atoms with Gasteiger partial charge in [-0.3, -0.25) is 0 Å². The summed E-state index contributed by atoms with van der Waals surface area (Å²) in [6, 6.07) is 45.7. The summed E-state index contributed by atoms with van der Waals surface area (Å²) in [6.07, 6.45) is 4.37. The first-order valence-electron chi connectivity index (χ1n) is 12.2. The Labute approximate surface area is 226 Å². The van der Waals surface area contributed by atoms with E-state index in [0.29, 0.717) is 0 Å². The summed E-state index contributed by atoms with van der Waals surface area (Å²) < 4.78 is 11.6. The number of hydrogen-bond acceptors (Lipinski definition) is 0. The van der Waals surface area contributed by atoms with Crippen molar-refractivity contribution in [2.75, 3.05) is 0 Å². The molecule has 1 N–H and O–H groups in total. The molecule has 0 saturated heterocycles. The molecule has 0 amide bonds. The fraction of sp³-hybridized carbons (Fsp3) is 0.0833. The normalized spacial score (nSPS) is 14.2. The number of rotatable bonds is 5. The van der Waals surface area contributed by atoms with Gasteiger partial charge < -0.3 is 4.74 Å². The summed E-state index contributed by atoms with van der Waals surface area (Å²) >= 11 is 0. The van der Waals surface area contributed by atoms with Gasteiger partial charge in [0.1, 0.15) is 0 Å². The Bertz CT molecular complexity index is 1460. The first-order chi connectivity index (χ1) is 17.8. The molecule has 5 aromatic rings. The molecule has 2 nitrogen and oxygen atoms in total. The predicted octanol–water partition coefficient (Wildman–Crippen LogP) is 9.87. The topological polar surface area (TPSA) is 24.1 Å². The molecule has 1 unspecified atom stereocenters. The van der Waals surface area contributed by atoms with Gasteiger partial charge in [0, 0.05) is 23.3 Å². The lowest BCUT2D eigenvalue weighted by molar-refractivity contribution is 0.0359. The SMILES string of the molecule is C.C.C1=C(c2cc(-c3ccccc3)[o+]c(-c3ccccc3)c2)C=C(c2ccccc2)[OH+]C1c1ccccc1. The van der Waals surface area contributed by atoms with Gasteiger partial charge >= 0.3 is 11.5 Å². The molecule has 6 rings (SSSR count). The zero-order valence-corrected chi connectivity index (χ0v) is 19.8. The summed E-state index contributed by atoms with van der Waals surface area (Å²) in [5, 5.41) is 0. The molecule has 0 spiro atoms. The molecule has 2 heterocycles. The van der Waals surface area contributed by atoms with Crippen LogP contribution in [0.25, 0.3) is 34.0 Å². The van der Waals surface area contributed by atoms with Crippen LogP contribution in [0.5, 0.6) is 0 Å². The molecule has 0 radical (unpaired) electrons. The van der Waals surface area contributed by atoms with E-state index < -0.39 is 0 Å². The highest BCUT2D eigenvalue weighted by Gasteiger charge is 2.27. The molecule has 0 bridgehead atoms. The van der Waals surface area contributed by atoms with Crippen molar-refractivity contribution in [3.8, 4) is 22.6 Å². The van der Waals surface area contributed by atoms with Crippen molar-refractivity contribution >= 4 is 11.3 Å². The largest absolute Gasteiger partial charge is 0.574 e. The summed E-state index contributed by atoms with van der Waals surface area (Å²) in [5.41, 5.74) is 6.60. The average Bonchev–Trinajstić information content (AvgIpc) is 2.98. The Hall–Kier alpha value is -4.69. The van der Waals surface area contributed by atoms with Gasteiger partial charge in [-0.2, -0.15) is 0 Å². The van der Waals surface area contributed by atoms with Crippen LogP contribution < -0.4 is 0 Å². The molecule has 4 aromatic carbocycles. The van der Waals surface area contributed by atoms with E-state index >= 15 is 0 Å². The fourth-order valence-electron chi connectivity index (χ4n) is 4.51. The molecule has 0 saturated carbocycles. The number of hydrogen-bond donors (Lipinski definition) is 0. The van der Waals surface area contributed by atoms with Crippen LogP contribution in [0, 0.1) is 0 Å². The number of ether oxygens (including phenoxy) is 1. The van der Waals surface area contributed by atoms with Crippen molar-refractivity contribution in [1.82, 2.24) is 0 Å². The van der Waals surface area contributed by atoms with Gasteiger partial charge in [-0.15, -0.1) is 0 Å². The summed E-state index contributed by atoms with van der Waals surface area (Å²) in [6.45, 7) is 0. The average molecular weight is 499 g/mol. The molecule has 1 aromatic heterocycles. The lowest BCUT2D eigenvalue weighted by Gasteiger charge is -2.21. The predicted molar refractivity (Wildman–Crippen MR) is 161 cm³/mol. The second-order valence-electron chi connectivity index (χ2n) is 8.81. The van der Waals surface area contributed by atoms with E-state index in [1.807, 2.05) is 48.5 Å². The summed E-state index contributed by atoms with van der Waals surface area (Å²) in [4.78, 5) is 0. The Morgan fingerprint density at radius 3 is 1.45 bits per heavy atom. The molecule has 0 fully saturated rings. The second kappa shape index (κ2) is 12.0. The van der Waals surface area contributed by atoms with E-state index in [2.05, 4.69) is 97.1 Å². The fourth-order valence-corrected chi connectivity index (χ4v) is 4.51. The molecule has 0 aliphatic carbocycles. The minimum absolute atomic E-state index is 0. The molecule has 1 aliphatic rings. The van der Waals surface area contributed by atoms with Crippen LogP contribution in [0.2, 0.25) is 0 Å². The quantitative estimate of drug-likeness (QED) is 0.221. The van der Waals surface area contributed by atoms with Gasteiger partial charge in [0.25, 0.3) is 5.76 Å². The van der Waals surface area contributed by atoms with Gasteiger partial charge in [0.05, 0.1) is 28.8 Å². The van der Waals surface area contributed by atoms with Crippen molar-refractivity contribution < 1.29 is 9.15 Å². The third kappa shape index (κ3) is 5.66. The van der Waals surface area contributed by atoms with Gasteiger partial charge in [-0.1, -0.05) is 87.6 Å². The van der Waals surface area contributed by atoms with Gasteiger partial charge in [0.15, 0.2) is 0 Å². The zero-order chi connectivity index (χ0) is 24.2. The highest BCUT2D eigenvalue weighted by Crippen LogP contribution is 2.37. The highest BCUT2D eigenvalue weighted by atomic mass is 16.5. The third-order valence-corrected chi connectivity index (χ3v) is 6.36. The van der Waals surface area contributed by atoms with E-state index in [1.165, 1.54) is 5.56 Å². The maximum atomic E-state index is 6.43. The first-order valence-corrected chi connectivity index (χ1v) is 12.2. The van der Waals surface area contributed by atoms with Crippen LogP contribution in [0.4, 0.5) is 0 Å². The van der Waals surface area contributed by atoms with Crippen LogP contribution in [-0.2, 0) is 0 Å². The monoisotopic (exact) mass is 498 g/mol. The minimum atomic E-state index is -0.0705. The molecule has 1 atom stereocenters. The van der Waals surface area contributed by atoms with E-state index in [0.717, 1.165) is 45.1 Å². The van der Waals surface area contributed by atoms with Crippen LogP contribution in [-0.4, -0.2) is 4.74 Å². The van der Waals surface area contributed by atoms with Crippen LogP contribution >= 0.6 is 0 Å². The van der Waals surface area contributed by atoms with Crippen molar-refractivity contribution in [1.29, 1.82) is 0 Å². The molecule has 2 heteroatoms. The maximum absolute atomic E-state index is 6.43. The minimum Gasteiger partial charge on any atom is -0.574 e. The molecule has 188 valence electrons. The van der Waals surface area contributed by atoms with E-state index in [9.17, 15) is 0 Å². The van der Waals surface area contributed by atoms with Crippen molar-refractivity contribution in [2.24, 2.45) is 0 Å². The van der Waals surface area contributed by atoms with Crippen molar-refractivity contribution in [3.63, 3.8) is 0 Å². The summed E-state index contributed by atoms with van der Waals surface area (Å²) in [7, 11) is 0. The smallest absolute Gasteiger partial charge is 0.361 e. The maximum Gasteiger partial charge on any atom is 0.361 e. The molecule has 1 aliphatic heterocycles. The molecular formula is C36H34O2+2. The molecule has 38 heavy (non-hydrogen) atoms. The number of aliphatic hydroxyl groups is 2. The number of allylic oxidation sites excluding steroid dienone is 2. The highest BCUT2D eigenvalue weighted by molar-refractivity contribution is 5.86. The van der Waals surface area contributed by atoms with Gasteiger partial charge in [-0.25, -0.2) is 4.42 Å². The Balaban J connectivity index is 0.00000168. The lowest BCUT2D eigenvalue weighted by atomic mass is 9.95. The van der Waals surface area contributed by atoms with Gasteiger partial charge in [-0.05, 0) is 54.1 Å². The Morgan fingerprint density at radius 1 is 0.500 bits per heavy atom. The second-order valence-corrected chi connectivity index (χ2v) is 8.81. The van der Waals surface area contributed by atoms with E-state index in [4.69, 9.17) is 9.15 Å². The standard InChI is InChI=1S/C34H25O2.2CH4/c1-5-13-25(14-6-1)31-21-29(22-32(35-31)26-15-7-2-8-16-26)30-23-33(27-17-9-3-10-18-27)36-34(24-30)28-19-11-4-12-20-28;;/h1-24,31H;2*1H4/q+1;;/p+1. The summed E-state index contributed by atoms with van der Waals surface area (Å²) in [5.74, 6) is 2.65. The number of benzene rings is 4. The van der Waals surface area contributed by atoms with Crippen LogP contribution in [0.15, 0.2) is 150 Å². The van der Waals surface area contributed by atoms with E-state index in [1.54, 1.807) is 0 Å². The van der Waals surface area contributed by atoms with Crippen LogP contribution in [0.1, 0.15) is 37.6 Å². The lowest BCUT2D eigenvalue weighted by Crippen LogP contribution is -2.11. The van der Waals surface area contributed by atoms with E-state index in [-0.39, 0.29) is 21.0 Å². The zero-order valence-electron chi connectivity index (χ0n) is 19.8. The molecular weight excluding hydrogens is 464 g/mol. The van der Waals surface area contributed by atoms with Crippen molar-refractivity contribution in [2.45, 2.75) is 21.0 Å². The third-order valence-electron chi connectivity index (χ3n) is 6.36. The Morgan fingerprint density at radius 2 is 0.947 bits per heavy atom. The van der Waals surface area contributed by atoms with Crippen molar-refractivity contribution in [3.05, 3.63) is 162 Å². The first kappa shape index (κ1) is 26.4. The van der Waals surface area contributed by atoms with Gasteiger partial charge in [0.2, 0.25) is 6.10 Å².